The summed E-state index contributed by atoms with van der Waals surface area (Å²) in [6, 6.07) is 11.8. The molecule has 0 saturated carbocycles. The van der Waals surface area contributed by atoms with Crippen LogP contribution < -0.4 is 5.73 Å². The minimum Gasteiger partial charge on any atom is -0.389 e. The van der Waals surface area contributed by atoms with Crippen molar-refractivity contribution < 1.29 is 0 Å². The molecule has 2 rings (SSSR count). The van der Waals surface area contributed by atoms with Crippen LogP contribution >= 0.6 is 12.2 Å². The maximum atomic E-state index is 5.64. The smallest absolute Gasteiger partial charge is 0.106 e. The fourth-order valence-electron chi connectivity index (χ4n) is 1.40. The van der Waals surface area contributed by atoms with Gasteiger partial charge in [0.15, 0.2) is 0 Å². The number of hydrogen-bond donors (Lipinski definition) is 1. The molecule has 2 aromatic rings. The number of aromatic nitrogens is 1. The summed E-state index contributed by atoms with van der Waals surface area (Å²) in [6.07, 6.45) is 3.94. The Morgan fingerprint density at radius 2 is 1.71 bits per heavy atom. The van der Waals surface area contributed by atoms with Gasteiger partial charge < -0.3 is 10.3 Å². The van der Waals surface area contributed by atoms with Gasteiger partial charge in [-0.3, -0.25) is 0 Å². The van der Waals surface area contributed by atoms with Crippen molar-refractivity contribution in [1.29, 1.82) is 0 Å². The van der Waals surface area contributed by atoms with Crippen molar-refractivity contribution in [3.8, 4) is 5.69 Å². The van der Waals surface area contributed by atoms with Gasteiger partial charge in [-0.25, -0.2) is 0 Å². The van der Waals surface area contributed by atoms with Gasteiger partial charge in [0.2, 0.25) is 0 Å². The molecule has 1 heterocycles. The normalized spacial score (nSPS) is 10.0. The monoisotopic (exact) mass is 202 g/mol. The first kappa shape index (κ1) is 8.97. The summed E-state index contributed by atoms with van der Waals surface area (Å²) in [5.74, 6) is 0. The lowest BCUT2D eigenvalue weighted by molar-refractivity contribution is 1.08. The maximum Gasteiger partial charge on any atom is 0.106 e. The minimum absolute atomic E-state index is 0.425. The standard InChI is InChI=1S/C11H10N2S/c12-11(14)9-5-1-2-6-10(9)13-7-3-4-8-13/h1-8H,(H2,12,14). The Morgan fingerprint density at radius 3 is 2.36 bits per heavy atom. The zero-order valence-corrected chi connectivity index (χ0v) is 8.37. The predicted molar refractivity (Wildman–Crippen MR) is 61.7 cm³/mol. The Balaban J connectivity index is 2.58. The third-order valence-corrected chi connectivity index (χ3v) is 2.27. The van der Waals surface area contributed by atoms with Gasteiger partial charge in [-0.2, -0.15) is 0 Å². The van der Waals surface area contributed by atoms with Crippen molar-refractivity contribution in [3.05, 3.63) is 54.4 Å². The summed E-state index contributed by atoms with van der Waals surface area (Å²) < 4.78 is 1.99. The van der Waals surface area contributed by atoms with E-state index in [4.69, 9.17) is 18.0 Å². The lowest BCUT2D eigenvalue weighted by atomic mass is 10.2. The molecular formula is C11H10N2S. The fourth-order valence-corrected chi connectivity index (χ4v) is 1.57. The fraction of sp³-hybridized carbons (Fsp3) is 0. The first-order chi connectivity index (χ1) is 6.79. The highest BCUT2D eigenvalue weighted by atomic mass is 32.1. The van der Waals surface area contributed by atoms with Crippen molar-refractivity contribution in [3.63, 3.8) is 0 Å². The van der Waals surface area contributed by atoms with Gasteiger partial charge in [0.25, 0.3) is 0 Å². The molecule has 70 valence electrons. The van der Waals surface area contributed by atoms with E-state index in [1.807, 2.05) is 53.4 Å². The van der Waals surface area contributed by atoms with Gasteiger partial charge in [-0.15, -0.1) is 0 Å². The zero-order valence-electron chi connectivity index (χ0n) is 7.55. The summed E-state index contributed by atoms with van der Waals surface area (Å²) in [4.78, 5) is 0.425. The van der Waals surface area contributed by atoms with Crippen LogP contribution in [-0.2, 0) is 0 Å². The lowest BCUT2D eigenvalue weighted by Crippen LogP contribution is -2.12. The molecule has 0 saturated heterocycles. The van der Waals surface area contributed by atoms with E-state index in [9.17, 15) is 0 Å². The summed E-state index contributed by atoms with van der Waals surface area (Å²) >= 11 is 4.99. The summed E-state index contributed by atoms with van der Waals surface area (Å²) in [5.41, 5.74) is 7.56. The van der Waals surface area contributed by atoms with Crippen LogP contribution in [0.5, 0.6) is 0 Å². The van der Waals surface area contributed by atoms with Crippen LogP contribution in [0.25, 0.3) is 5.69 Å². The van der Waals surface area contributed by atoms with Crippen molar-refractivity contribution in [2.24, 2.45) is 5.73 Å². The van der Waals surface area contributed by atoms with Crippen molar-refractivity contribution in [1.82, 2.24) is 4.57 Å². The molecule has 1 aromatic heterocycles. The molecule has 0 aliphatic carbocycles. The molecule has 2 N–H and O–H groups in total. The maximum absolute atomic E-state index is 5.64. The molecule has 0 aliphatic heterocycles. The van der Waals surface area contributed by atoms with Crippen LogP contribution in [0.4, 0.5) is 0 Å². The Morgan fingerprint density at radius 1 is 1.07 bits per heavy atom. The third kappa shape index (κ3) is 1.54. The molecule has 0 bridgehead atoms. The van der Waals surface area contributed by atoms with Gasteiger partial charge in [0, 0.05) is 18.0 Å². The molecule has 0 aliphatic rings. The van der Waals surface area contributed by atoms with E-state index in [2.05, 4.69) is 0 Å². The van der Waals surface area contributed by atoms with Gasteiger partial charge in [-0.1, -0.05) is 24.4 Å². The van der Waals surface area contributed by atoms with Crippen LogP contribution in [0.1, 0.15) is 5.56 Å². The molecule has 0 atom stereocenters. The number of thiocarbonyl (C=S) groups is 1. The first-order valence-electron chi connectivity index (χ1n) is 4.31. The van der Waals surface area contributed by atoms with E-state index < -0.39 is 0 Å². The van der Waals surface area contributed by atoms with E-state index in [1.165, 1.54) is 0 Å². The third-order valence-electron chi connectivity index (χ3n) is 2.05. The molecule has 0 radical (unpaired) electrons. The molecule has 14 heavy (non-hydrogen) atoms. The van der Waals surface area contributed by atoms with Gasteiger partial charge in [0.05, 0.1) is 5.69 Å². The van der Waals surface area contributed by atoms with E-state index >= 15 is 0 Å². The van der Waals surface area contributed by atoms with Crippen molar-refractivity contribution >= 4 is 17.2 Å². The number of nitrogens with two attached hydrogens (primary N) is 1. The Bertz CT molecular complexity index is 446. The SMILES string of the molecule is NC(=S)c1ccccc1-n1cccc1. The second-order valence-electron chi connectivity index (χ2n) is 2.97. The zero-order chi connectivity index (χ0) is 9.97. The average molecular weight is 202 g/mol. The largest absolute Gasteiger partial charge is 0.389 e. The van der Waals surface area contributed by atoms with Gasteiger partial charge in [0.1, 0.15) is 4.99 Å². The van der Waals surface area contributed by atoms with Crippen molar-refractivity contribution in [2.75, 3.05) is 0 Å². The Labute approximate surface area is 88.0 Å². The lowest BCUT2D eigenvalue weighted by Gasteiger charge is -2.08. The Kier molecular flexibility index (Phi) is 2.33. The quantitative estimate of drug-likeness (QED) is 0.756. The average Bonchev–Trinajstić information content (AvgIpc) is 2.70. The van der Waals surface area contributed by atoms with Crippen LogP contribution in [0, 0.1) is 0 Å². The molecule has 0 spiro atoms. The highest BCUT2D eigenvalue weighted by Gasteiger charge is 2.04. The number of benzene rings is 1. The van der Waals surface area contributed by atoms with E-state index in [0.29, 0.717) is 4.99 Å². The molecular weight excluding hydrogens is 192 g/mol. The summed E-state index contributed by atoms with van der Waals surface area (Å²) in [5, 5.41) is 0. The molecule has 0 fully saturated rings. The summed E-state index contributed by atoms with van der Waals surface area (Å²) in [6.45, 7) is 0. The van der Waals surface area contributed by atoms with Gasteiger partial charge in [-0.05, 0) is 24.3 Å². The van der Waals surface area contributed by atoms with E-state index in [-0.39, 0.29) is 0 Å². The number of para-hydroxylation sites is 1. The first-order valence-corrected chi connectivity index (χ1v) is 4.72. The minimum atomic E-state index is 0.425. The van der Waals surface area contributed by atoms with E-state index in [0.717, 1.165) is 11.3 Å². The second-order valence-corrected chi connectivity index (χ2v) is 3.41. The van der Waals surface area contributed by atoms with Gasteiger partial charge >= 0.3 is 0 Å². The van der Waals surface area contributed by atoms with Crippen LogP contribution in [0.2, 0.25) is 0 Å². The van der Waals surface area contributed by atoms with Crippen LogP contribution in [0.15, 0.2) is 48.8 Å². The topological polar surface area (TPSA) is 30.9 Å². The molecule has 1 aromatic carbocycles. The highest BCUT2D eigenvalue weighted by molar-refractivity contribution is 7.80. The second kappa shape index (κ2) is 3.64. The van der Waals surface area contributed by atoms with Crippen LogP contribution in [0.3, 0.4) is 0 Å². The Hall–Kier alpha value is -1.61. The van der Waals surface area contributed by atoms with Crippen molar-refractivity contribution in [2.45, 2.75) is 0 Å². The summed E-state index contributed by atoms with van der Waals surface area (Å²) in [7, 11) is 0. The number of rotatable bonds is 2. The number of nitrogens with zero attached hydrogens (tertiary/aromatic N) is 1. The molecule has 2 nitrogen and oxygen atoms in total. The van der Waals surface area contributed by atoms with E-state index in [1.54, 1.807) is 0 Å². The number of hydrogen-bond acceptors (Lipinski definition) is 1. The highest BCUT2D eigenvalue weighted by Crippen LogP contribution is 2.14. The van der Waals surface area contributed by atoms with Crippen LogP contribution in [-0.4, -0.2) is 9.56 Å². The molecule has 0 amide bonds. The molecule has 3 heteroatoms. The predicted octanol–water partition coefficient (Wildman–Crippen LogP) is 2.11. The molecule has 0 unspecified atom stereocenters.